The SMILES string of the molecule is CCOc1ccc(C(=O)NCCc2cccc(S(=O)(=O)NC(=O)c3ccc(C(=O)O)nc3)c2)cc1. The number of hydrogen-bond acceptors (Lipinski definition) is 7. The van der Waals surface area contributed by atoms with Gasteiger partial charge in [0.15, 0.2) is 0 Å². The van der Waals surface area contributed by atoms with Crippen LogP contribution in [0.4, 0.5) is 0 Å². The van der Waals surface area contributed by atoms with E-state index >= 15 is 0 Å². The fraction of sp³-hybridized carbons (Fsp3) is 0.167. The van der Waals surface area contributed by atoms with Gasteiger partial charge in [0.1, 0.15) is 11.4 Å². The van der Waals surface area contributed by atoms with E-state index in [0.29, 0.717) is 29.9 Å². The fourth-order valence-corrected chi connectivity index (χ4v) is 4.10. The van der Waals surface area contributed by atoms with Gasteiger partial charge < -0.3 is 15.2 Å². The Morgan fingerprint density at radius 3 is 2.31 bits per heavy atom. The quantitative estimate of drug-likeness (QED) is 0.386. The topological polar surface area (TPSA) is 152 Å². The maximum absolute atomic E-state index is 12.7. The molecule has 0 aliphatic carbocycles. The van der Waals surface area contributed by atoms with Gasteiger partial charge in [0, 0.05) is 18.3 Å². The molecule has 0 fully saturated rings. The number of nitrogens with one attached hydrogen (secondary N) is 2. The van der Waals surface area contributed by atoms with Crippen LogP contribution in [0.2, 0.25) is 0 Å². The van der Waals surface area contributed by atoms with Crippen LogP contribution in [0.3, 0.4) is 0 Å². The lowest BCUT2D eigenvalue weighted by atomic mass is 10.1. The number of sulfonamides is 1. The van der Waals surface area contributed by atoms with Crippen molar-refractivity contribution in [1.29, 1.82) is 0 Å². The summed E-state index contributed by atoms with van der Waals surface area (Å²) in [5, 5.41) is 11.6. The van der Waals surface area contributed by atoms with Crippen molar-refractivity contribution in [2.45, 2.75) is 18.2 Å². The van der Waals surface area contributed by atoms with E-state index in [0.717, 1.165) is 12.3 Å². The Balaban J connectivity index is 1.59. The van der Waals surface area contributed by atoms with E-state index < -0.39 is 21.9 Å². The van der Waals surface area contributed by atoms with Crippen LogP contribution < -0.4 is 14.8 Å². The summed E-state index contributed by atoms with van der Waals surface area (Å²) in [6, 6.07) is 15.0. The maximum Gasteiger partial charge on any atom is 0.354 e. The number of carboxylic acid groups (broad SMARTS) is 1. The highest BCUT2D eigenvalue weighted by molar-refractivity contribution is 7.90. The first-order chi connectivity index (χ1) is 16.7. The molecule has 0 atom stereocenters. The van der Waals surface area contributed by atoms with Crippen LogP contribution in [0, 0.1) is 0 Å². The van der Waals surface area contributed by atoms with Gasteiger partial charge in [-0.25, -0.2) is 22.9 Å². The zero-order valence-corrected chi connectivity index (χ0v) is 19.5. The molecule has 0 unspecified atom stereocenters. The van der Waals surface area contributed by atoms with Crippen LogP contribution in [0.1, 0.15) is 43.7 Å². The molecular weight excluding hydrogens is 474 g/mol. The highest BCUT2D eigenvalue weighted by Gasteiger charge is 2.20. The third kappa shape index (κ3) is 6.87. The Hall–Kier alpha value is -4.25. The predicted molar refractivity (Wildman–Crippen MR) is 126 cm³/mol. The van der Waals surface area contributed by atoms with Gasteiger partial charge in [-0.05, 0) is 67.4 Å². The summed E-state index contributed by atoms with van der Waals surface area (Å²) in [5.74, 6) is -1.81. The second-order valence-electron chi connectivity index (χ2n) is 7.28. The van der Waals surface area contributed by atoms with Crippen molar-refractivity contribution in [3.63, 3.8) is 0 Å². The molecule has 3 rings (SSSR count). The lowest BCUT2D eigenvalue weighted by molar-refractivity contribution is 0.0689. The van der Waals surface area contributed by atoms with Crippen LogP contribution in [0.5, 0.6) is 5.75 Å². The second-order valence-corrected chi connectivity index (χ2v) is 8.96. The molecule has 2 aromatic carbocycles. The zero-order valence-electron chi connectivity index (χ0n) is 18.7. The van der Waals surface area contributed by atoms with Crippen LogP contribution in [-0.2, 0) is 16.4 Å². The minimum absolute atomic E-state index is 0.105. The summed E-state index contributed by atoms with van der Waals surface area (Å²) < 4.78 is 32.6. The first kappa shape index (κ1) is 25.4. The van der Waals surface area contributed by atoms with Crippen LogP contribution in [0.25, 0.3) is 0 Å². The molecule has 0 bridgehead atoms. The Kier molecular flexibility index (Phi) is 8.16. The molecule has 0 aliphatic rings. The minimum Gasteiger partial charge on any atom is -0.494 e. The normalized spacial score (nSPS) is 10.9. The molecule has 1 aromatic heterocycles. The summed E-state index contributed by atoms with van der Waals surface area (Å²) in [7, 11) is -4.19. The van der Waals surface area contributed by atoms with Gasteiger partial charge in [0.05, 0.1) is 17.1 Å². The average molecular weight is 498 g/mol. The Morgan fingerprint density at radius 2 is 1.69 bits per heavy atom. The van der Waals surface area contributed by atoms with E-state index in [1.165, 1.54) is 24.3 Å². The van der Waals surface area contributed by atoms with E-state index in [1.807, 2.05) is 11.6 Å². The van der Waals surface area contributed by atoms with Crippen molar-refractivity contribution in [3.05, 3.63) is 89.2 Å². The van der Waals surface area contributed by atoms with Gasteiger partial charge in [-0.1, -0.05) is 12.1 Å². The third-order valence-corrected chi connectivity index (χ3v) is 6.14. The van der Waals surface area contributed by atoms with Crippen LogP contribution in [0.15, 0.2) is 71.8 Å². The Bertz CT molecular complexity index is 1320. The Labute approximate surface area is 202 Å². The molecule has 0 radical (unpaired) electrons. The smallest absolute Gasteiger partial charge is 0.354 e. The van der Waals surface area contributed by atoms with E-state index in [1.54, 1.807) is 30.3 Å². The highest BCUT2D eigenvalue weighted by Crippen LogP contribution is 2.14. The first-order valence-electron chi connectivity index (χ1n) is 10.6. The molecule has 182 valence electrons. The summed E-state index contributed by atoms with van der Waals surface area (Å²) in [6.07, 6.45) is 1.35. The largest absolute Gasteiger partial charge is 0.494 e. The Morgan fingerprint density at radius 1 is 0.971 bits per heavy atom. The molecule has 35 heavy (non-hydrogen) atoms. The monoisotopic (exact) mass is 497 g/mol. The van der Waals surface area contributed by atoms with Gasteiger partial charge in [-0.2, -0.15) is 0 Å². The van der Waals surface area contributed by atoms with Crippen molar-refractivity contribution in [2.75, 3.05) is 13.2 Å². The van der Waals surface area contributed by atoms with E-state index in [4.69, 9.17) is 9.84 Å². The first-order valence-corrected chi connectivity index (χ1v) is 12.0. The molecule has 1 heterocycles. The number of aromatic carboxylic acids is 1. The number of benzene rings is 2. The number of carbonyl (C=O) groups excluding carboxylic acids is 2. The molecule has 11 heteroatoms. The molecular formula is C24H23N3O7S. The lowest BCUT2D eigenvalue weighted by Gasteiger charge is -2.10. The lowest BCUT2D eigenvalue weighted by Crippen LogP contribution is -2.31. The van der Waals surface area contributed by atoms with Crippen molar-refractivity contribution in [2.24, 2.45) is 0 Å². The number of carbonyl (C=O) groups is 3. The minimum atomic E-state index is -4.19. The zero-order chi connectivity index (χ0) is 25.4. The van der Waals surface area contributed by atoms with Crippen molar-refractivity contribution < 1.29 is 32.6 Å². The second kappa shape index (κ2) is 11.3. The molecule has 2 amide bonds. The number of pyridine rings is 1. The van der Waals surface area contributed by atoms with Gasteiger partial charge in [0.25, 0.3) is 21.8 Å². The number of aromatic nitrogens is 1. The number of amides is 2. The van der Waals surface area contributed by atoms with Gasteiger partial charge in [0.2, 0.25) is 0 Å². The molecule has 0 saturated heterocycles. The maximum atomic E-state index is 12.7. The third-order valence-electron chi connectivity index (χ3n) is 4.81. The van der Waals surface area contributed by atoms with Gasteiger partial charge in [-0.3, -0.25) is 9.59 Å². The molecule has 3 aromatic rings. The summed E-state index contributed by atoms with van der Waals surface area (Å²) in [4.78, 5) is 39.0. The fourth-order valence-electron chi connectivity index (χ4n) is 3.05. The van der Waals surface area contributed by atoms with Crippen LogP contribution in [-0.4, -0.2) is 49.4 Å². The number of rotatable bonds is 10. The van der Waals surface area contributed by atoms with Crippen molar-refractivity contribution in [1.82, 2.24) is 15.0 Å². The van der Waals surface area contributed by atoms with E-state index in [9.17, 15) is 22.8 Å². The van der Waals surface area contributed by atoms with Gasteiger partial charge in [-0.15, -0.1) is 0 Å². The standard InChI is InChI=1S/C24H23N3O7S/c1-2-34-19-9-6-17(7-10-19)22(28)25-13-12-16-4-3-5-20(14-16)35(32,33)27-23(29)18-8-11-21(24(30)31)26-15-18/h3-11,14-15H,2,12-13H2,1H3,(H,25,28)(H,27,29)(H,30,31). The van der Waals surface area contributed by atoms with Crippen molar-refractivity contribution in [3.8, 4) is 5.75 Å². The summed E-state index contributed by atoms with van der Waals surface area (Å²) in [5.41, 5.74) is 0.733. The van der Waals surface area contributed by atoms with Crippen molar-refractivity contribution >= 4 is 27.8 Å². The molecule has 3 N–H and O–H groups in total. The molecule has 0 spiro atoms. The average Bonchev–Trinajstić information content (AvgIpc) is 2.84. The highest BCUT2D eigenvalue weighted by atomic mass is 32.2. The van der Waals surface area contributed by atoms with Gasteiger partial charge >= 0.3 is 5.97 Å². The summed E-state index contributed by atoms with van der Waals surface area (Å²) >= 11 is 0. The number of hydrogen-bond donors (Lipinski definition) is 3. The summed E-state index contributed by atoms with van der Waals surface area (Å²) in [6.45, 7) is 2.67. The molecule has 10 nitrogen and oxygen atoms in total. The number of ether oxygens (including phenoxy) is 1. The number of nitrogens with zero attached hydrogens (tertiary/aromatic N) is 1. The van der Waals surface area contributed by atoms with E-state index in [2.05, 4.69) is 10.3 Å². The molecule has 0 saturated carbocycles. The predicted octanol–water partition coefficient (Wildman–Crippen LogP) is 2.27. The number of carboxylic acids is 1. The van der Waals surface area contributed by atoms with Crippen LogP contribution >= 0.6 is 0 Å². The molecule has 0 aliphatic heterocycles. The van der Waals surface area contributed by atoms with E-state index in [-0.39, 0.29) is 28.6 Å².